The molecule has 1 atom stereocenters. The maximum atomic E-state index is 13.2. The third-order valence-electron chi connectivity index (χ3n) is 5.09. The van der Waals surface area contributed by atoms with E-state index in [1.807, 2.05) is 13.2 Å². The van der Waals surface area contributed by atoms with Crippen LogP contribution in [0.4, 0.5) is 5.69 Å². The maximum Gasteiger partial charge on any atom is 0.243 e. The van der Waals surface area contributed by atoms with Crippen molar-refractivity contribution in [3.8, 4) is 0 Å². The predicted octanol–water partition coefficient (Wildman–Crippen LogP) is 1.09. The quantitative estimate of drug-likeness (QED) is 0.783. The first kappa shape index (κ1) is 18.1. The summed E-state index contributed by atoms with van der Waals surface area (Å²) in [4.78, 5) is 13.6. The van der Waals surface area contributed by atoms with Crippen molar-refractivity contribution in [2.24, 2.45) is 7.05 Å². The summed E-state index contributed by atoms with van der Waals surface area (Å²) in [7, 11) is -1.82. The highest BCUT2D eigenvalue weighted by Gasteiger charge is 2.33. The van der Waals surface area contributed by atoms with Gasteiger partial charge in [0.25, 0.3) is 0 Å². The topological polar surface area (TPSA) is 84.7 Å². The number of rotatable bonds is 3. The number of fused-ring (bicyclic) bond motifs is 1. The summed E-state index contributed by atoms with van der Waals surface area (Å²) >= 11 is 0. The molecule has 2 aliphatic heterocycles. The molecular formula is C18H22N4O4S. The van der Waals surface area contributed by atoms with Crippen molar-refractivity contribution < 1.29 is 17.9 Å². The van der Waals surface area contributed by atoms with Crippen molar-refractivity contribution in [2.75, 3.05) is 31.1 Å². The molecule has 1 unspecified atom stereocenters. The molecule has 27 heavy (non-hydrogen) atoms. The lowest BCUT2D eigenvalue weighted by Gasteiger charge is -2.31. The summed E-state index contributed by atoms with van der Waals surface area (Å²) in [6, 6.07) is 5.02. The molecule has 0 bridgehead atoms. The van der Waals surface area contributed by atoms with Crippen molar-refractivity contribution in [3.63, 3.8) is 0 Å². The van der Waals surface area contributed by atoms with Gasteiger partial charge in [-0.3, -0.25) is 9.48 Å². The average molecular weight is 390 g/mol. The second-order valence-electron chi connectivity index (χ2n) is 6.88. The zero-order valence-electron chi connectivity index (χ0n) is 15.3. The van der Waals surface area contributed by atoms with E-state index in [-0.39, 0.29) is 23.5 Å². The molecule has 0 aliphatic carbocycles. The monoisotopic (exact) mass is 390 g/mol. The molecule has 1 amide bonds. The third kappa shape index (κ3) is 3.26. The van der Waals surface area contributed by atoms with Crippen LogP contribution in [-0.2, 0) is 33.0 Å². The summed E-state index contributed by atoms with van der Waals surface area (Å²) in [6.45, 7) is 3.02. The Morgan fingerprint density at radius 1 is 1.30 bits per heavy atom. The van der Waals surface area contributed by atoms with Gasteiger partial charge in [0.1, 0.15) is 0 Å². The van der Waals surface area contributed by atoms with Gasteiger partial charge >= 0.3 is 0 Å². The average Bonchev–Trinajstić information content (AvgIpc) is 3.27. The molecule has 1 aromatic carbocycles. The van der Waals surface area contributed by atoms with Crippen LogP contribution >= 0.6 is 0 Å². The number of benzene rings is 1. The molecular weight excluding hydrogens is 368 g/mol. The van der Waals surface area contributed by atoms with Gasteiger partial charge < -0.3 is 9.64 Å². The molecule has 0 saturated carbocycles. The van der Waals surface area contributed by atoms with E-state index in [0.717, 1.165) is 16.8 Å². The van der Waals surface area contributed by atoms with E-state index in [2.05, 4.69) is 5.10 Å². The van der Waals surface area contributed by atoms with E-state index in [1.54, 1.807) is 34.0 Å². The van der Waals surface area contributed by atoms with Gasteiger partial charge in [0, 0.05) is 51.1 Å². The molecule has 9 heteroatoms. The number of carbonyl (C=O) groups excluding carboxylic acids is 1. The number of sulfonamides is 1. The van der Waals surface area contributed by atoms with Crippen LogP contribution in [0.5, 0.6) is 0 Å². The van der Waals surface area contributed by atoms with Crippen LogP contribution in [0.2, 0.25) is 0 Å². The molecule has 0 N–H and O–H groups in total. The van der Waals surface area contributed by atoms with Gasteiger partial charge in [-0.05, 0) is 30.2 Å². The standard InChI is InChI=1S/C18H22N4O4S/c1-13(23)22-6-5-14-9-16(3-4-17(14)22)27(24,25)21-7-8-26-18(12-21)15-10-19-20(2)11-15/h3-4,9-11,18H,5-8,12H2,1-2H3. The maximum absolute atomic E-state index is 13.2. The van der Waals surface area contributed by atoms with Gasteiger partial charge in [0.05, 0.1) is 23.8 Å². The van der Waals surface area contributed by atoms with E-state index < -0.39 is 10.0 Å². The van der Waals surface area contributed by atoms with E-state index in [1.165, 1.54) is 11.2 Å². The summed E-state index contributed by atoms with van der Waals surface area (Å²) in [5, 5.41) is 4.13. The minimum atomic E-state index is -3.63. The second kappa shape index (κ2) is 6.74. The minimum Gasteiger partial charge on any atom is -0.371 e. The Morgan fingerprint density at radius 3 is 2.81 bits per heavy atom. The Labute approximate surface area is 158 Å². The molecule has 1 saturated heterocycles. The first-order valence-electron chi connectivity index (χ1n) is 8.87. The van der Waals surface area contributed by atoms with Crippen molar-refractivity contribution in [1.29, 1.82) is 0 Å². The fraction of sp³-hybridized carbons (Fsp3) is 0.444. The van der Waals surface area contributed by atoms with Gasteiger partial charge in [-0.2, -0.15) is 9.40 Å². The first-order chi connectivity index (χ1) is 12.9. The van der Waals surface area contributed by atoms with Crippen molar-refractivity contribution in [1.82, 2.24) is 14.1 Å². The zero-order chi connectivity index (χ0) is 19.2. The lowest BCUT2D eigenvalue weighted by Crippen LogP contribution is -2.42. The molecule has 3 heterocycles. The smallest absolute Gasteiger partial charge is 0.243 e. The number of hydrogen-bond acceptors (Lipinski definition) is 5. The van der Waals surface area contributed by atoms with Crippen molar-refractivity contribution >= 4 is 21.6 Å². The molecule has 4 rings (SSSR count). The van der Waals surface area contributed by atoms with Crippen LogP contribution in [0, 0.1) is 0 Å². The predicted molar refractivity (Wildman–Crippen MR) is 98.8 cm³/mol. The number of carbonyl (C=O) groups is 1. The summed E-state index contributed by atoms with van der Waals surface area (Å²) < 4.78 is 35.2. The Hall–Kier alpha value is -2.23. The summed E-state index contributed by atoms with van der Waals surface area (Å²) in [5.74, 6) is -0.0307. The van der Waals surface area contributed by atoms with Gasteiger partial charge in [0.2, 0.25) is 15.9 Å². The lowest BCUT2D eigenvalue weighted by molar-refractivity contribution is -0.116. The van der Waals surface area contributed by atoms with Crippen LogP contribution < -0.4 is 4.90 Å². The SMILES string of the molecule is CC(=O)N1CCc2cc(S(=O)(=O)N3CCOC(c4cnn(C)c4)C3)ccc21. The Kier molecular flexibility index (Phi) is 4.53. The highest BCUT2D eigenvalue weighted by Crippen LogP contribution is 2.32. The lowest BCUT2D eigenvalue weighted by atomic mass is 10.2. The Balaban J connectivity index is 1.59. The minimum absolute atomic E-state index is 0.0307. The zero-order valence-corrected chi connectivity index (χ0v) is 16.1. The fourth-order valence-corrected chi connectivity index (χ4v) is 5.14. The number of anilines is 1. The molecule has 2 aromatic rings. The van der Waals surface area contributed by atoms with E-state index in [9.17, 15) is 13.2 Å². The molecule has 1 fully saturated rings. The van der Waals surface area contributed by atoms with Crippen LogP contribution in [0.15, 0.2) is 35.5 Å². The number of nitrogens with zero attached hydrogens (tertiary/aromatic N) is 4. The number of amides is 1. The van der Waals surface area contributed by atoms with Crippen LogP contribution in [0.1, 0.15) is 24.2 Å². The van der Waals surface area contributed by atoms with Crippen molar-refractivity contribution in [2.45, 2.75) is 24.3 Å². The number of morpholine rings is 1. The number of hydrogen-bond donors (Lipinski definition) is 0. The molecule has 1 aromatic heterocycles. The molecule has 8 nitrogen and oxygen atoms in total. The normalized spacial score (nSPS) is 20.7. The van der Waals surface area contributed by atoms with Crippen LogP contribution in [0.3, 0.4) is 0 Å². The van der Waals surface area contributed by atoms with E-state index in [0.29, 0.717) is 26.1 Å². The molecule has 0 spiro atoms. The van der Waals surface area contributed by atoms with Gasteiger partial charge in [0.15, 0.2) is 0 Å². The van der Waals surface area contributed by atoms with Gasteiger partial charge in [-0.1, -0.05) is 0 Å². The van der Waals surface area contributed by atoms with Crippen molar-refractivity contribution in [3.05, 3.63) is 41.7 Å². The molecule has 2 aliphatic rings. The van der Waals surface area contributed by atoms with E-state index >= 15 is 0 Å². The largest absolute Gasteiger partial charge is 0.371 e. The molecule has 144 valence electrons. The van der Waals surface area contributed by atoms with Crippen LogP contribution in [-0.4, -0.2) is 54.7 Å². The number of aryl methyl sites for hydroxylation is 1. The fourth-order valence-electron chi connectivity index (χ4n) is 3.67. The van der Waals surface area contributed by atoms with Gasteiger partial charge in [-0.25, -0.2) is 8.42 Å². The number of aromatic nitrogens is 2. The second-order valence-corrected chi connectivity index (χ2v) is 8.82. The Morgan fingerprint density at radius 2 is 2.11 bits per heavy atom. The van der Waals surface area contributed by atoms with E-state index in [4.69, 9.17) is 4.74 Å². The highest BCUT2D eigenvalue weighted by molar-refractivity contribution is 7.89. The highest BCUT2D eigenvalue weighted by atomic mass is 32.2. The van der Waals surface area contributed by atoms with Gasteiger partial charge in [-0.15, -0.1) is 0 Å². The third-order valence-corrected chi connectivity index (χ3v) is 6.95. The summed E-state index contributed by atoms with van der Waals surface area (Å²) in [5.41, 5.74) is 2.56. The molecule has 0 radical (unpaired) electrons. The summed E-state index contributed by atoms with van der Waals surface area (Å²) in [6.07, 6.45) is 3.88. The number of ether oxygens (including phenoxy) is 1. The first-order valence-corrected chi connectivity index (χ1v) is 10.3. The van der Waals surface area contributed by atoms with Crippen LogP contribution in [0.25, 0.3) is 0 Å². The Bertz CT molecular complexity index is 985.